The van der Waals surface area contributed by atoms with E-state index in [4.69, 9.17) is 10.8 Å². The zero-order valence-corrected chi connectivity index (χ0v) is 14.4. The lowest BCUT2D eigenvalue weighted by atomic mass is 9.96. The molecule has 0 bridgehead atoms. The van der Waals surface area contributed by atoms with Crippen LogP contribution in [-0.2, 0) is 5.75 Å². The Labute approximate surface area is 138 Å². The topological polar surface area (TPSA) is 43.8 Å². The minimum absolute atomic E-state index is 0.612. The Morgan fingerprint density at radius 2 is 2.05 bits per heavy atom. The van der Waals surface area contributed by atoms with Crippen molar-refractivity contribution >= 4 is 33.4 Å². The van der Waals surface area contributed by atoms with Gasteiger partial charge in [-0.2, -0.15) is 5.10 Å². The van der Waals surface area contributed by atoms with Gasteiger partial charge in [-0.25, -0.2) is 0 Å². The van der Waals surface area contributed by atoms with E-state index < -0.39 is 0 Å². The van der Waals surface area contributed by atoms with Crippen LogP contribution in [0.1, 0.15) is 43.8 Å². The highest BCUT2D eigenvalue weighted by Gasteiger charge is 2.16. The third-order valence-electron chi connectivity index (χ3n) is 3.94. The zero-order chi connectivity index (χ0) is 14.7. The molecule has 1 aliphatic rings. The summed E-state index contributed by atoms with van der Waals surface area (Å²) in [5.41, 5.74) is 7.70. The summed E-state index contributed by atoms with van der Waals surface area (Å²) in [4.78, 5) is 1.21. The number of benzene rings is 1. The van der Waals surface area contributed by atoms with Gasteiger partial charge >= 0.3 is 0 Å². The lowest BCUT2D eigenvalue weighted by Gasteiger charge is -2.21. The summed E-state index contributed by atoms with van der Waals surface area (Å²) in [6.45, 7) is 0. The number of nitrogens with two attached hydrogens (primary N) is 1. The number of hydrogen-bond acceptors (Lipinski definition) is 3. The largest absolute Gasteiger partial charge is 0.399 e. The Bertz CT molecular complexity index is 605. The van der Waals surface area contributed by atoms with Gasteiger partial charge in [-0.15, -0.1) is 11.8 Å². The quantitative estimate of drug-likeness (QED) is 0.610. The van der Waals surface area contributed by atoms with Crippen LogP contribution >= 0.6 is 27.7 Å². The fourth-order valence-electron chi connectivity index (χ4n) is 2.79. The molecule has 0 spiro atoms. The van der Waals surface area contributed by atoms with Crippen LogP contribution in [0.3, 0.4) is 0 Å². The van der Waals surface area contributed by atoms with E-state index in [-0.39, 0.29) is 0 Å². The molecule has 2 N–H and O–H groups in total. The predicted molar refractivity (Wildman–Crippen MR) is 92.5 cm³/mol. The molecule has 3 nitrogen and oxygen atoms in total. The molecule has 0 atom stereocenters. The number of anilines is 1. The van der Waals surface area contributed by atoms with E-state index >= 15 is 0 Å². The first-order valence-electron chi connectivity index (χ1n) is 7.44. The van der Waals surface area contributed by atoms with Crippen molar-refractivity contribution in [3.8, 4) is 0 Å². The first-order chi connectivity index (χ1) is 10.2. The predicted octanol–water partition coefficient (Wildman–Crippen LogP) is 5.03. The molecule has 5 heteroatoms. The number of nitrogens with zero attached hydrogens (tertiary/aromatic N) is 2. The van der Waals surface area contributed by atoms with Gasteiger partial charge in [0, 0.05) is 27.0 Å². The Morgan fingerprint density at radius 3 is 2.81 bits per heavy atom. The molecule has 1 saturated carbocycles. The molecule has 0 saturated heterocycles. The number of hydrogen-bond donors (Lipinski definition) is 1. The Hall–Kier alpha value is -0.940. The van der Waals surface area contributed by atoms with Crippen LogP contribution < -0.4 is 5.73 Å². The fraction of sp³-hybridized carbons (Fsp3) is 0.438. The molecular formula is C16H20BrN3S. The Balaban J connectivity index is 1.61. The number of halogens is 1. The van der Waals surface area contributed by atoms with Gasteiger partial charge in [0.2, 0.25) is 0 Å². The van der Waals surface area contributed by atoms with E-state index in [0.29, 0.717) is 6.04 Å². The fourth-order valence-corrected chi connectivity index (χ4v) is 4.35. The molecule has 0 unspecified atom stereocenters. The van der Waals surface area contributed by atoms with E-state index in [1.807, 2.05) is 12.1 Å². The van der Waals surface area contributed by atoms with Crippen LogP contribution in [0.5, 0.6) is 0 Å². The molecule has 1 aromatic heterocycles. The minimum atomic E-state index is 0.612. The third-order valence-corrected chi connectivity index (χ3v) is 5.97. The SMILES string of the molecule is Nc1ccc(SCc2ccn(C3CCCCC3)n2)c(Br)c1. The van der Waals surface area contributed by atoms with E-state index in [9.17, 15) is 0 Å². The highest BCUT2D eigenvalue weighted by atomic mass is 79.9. The van der Waals surface area contributed by atoms with Gasteiger partial charge in [-0.3, -0.25) is 4.68 Å². The van der Waals surface area contributed by atoms with Crippen LogP contribution in [0, 0.1) is 0 Å². The normalized spacial score (nSPS) is 16.2. The highest BCUT2D eigenvalue weighted by Crippen LogP contribution is 2.32. The van der Waals surface area contributed by atoms with Gasteiger partial charge in [0.15, 0.2) is 0 Å². The molecule has 1 fully saturated rings. The monoisotopic (exact) mass is 365 g/mol. The molecule has 0 aliphatic heterocycles. The summed E-state index contributed by atoms with van der Waals surface area (Å²) in [6.07, 6.45) is 8.76. The zero-order valence-electron chi connectivity index (χ0n) is 12.0. The lowest BCUT2D eigenvalue weighted by Crippen LogP contribution is -2.13. The average molecular weight is 366 g/mol. The van der Waals surface area contributed by atoms with Crippen molar-refractivity contribution < 1.29 is 0 Å². The van der Waals surface area contributed by atoms with Crippen LogP contribution in [-0.4, -0.2) is 9.78 Å². The number of rotatable bonds is 4. The van der Waals surface area contributed by atoms with Gasteiger partial charge in [0.05, 0.1) is 11.7 Å². The molecule has 0 amide bonds. The van der Waals surface area contributed by atoms with Crippen molar-refractivity contribution in [1.29, 1.82) is 0 Å². The summed E-state index contributed by atoms with van der Waals surface area (Å²) < 4.78 is 3.23. The standard InChI is InChI=1S/C16H20BrN3S/c17-15-10-12(18)6-7-16(15)21-11-13-8-9-20(19-13)14-4-2-1-3-5-14/h6-10,14H,1-5,11,18H2. The van der Waals surface area contributed by atoms with Gasteiger partial charge in [0.25, 0.3) is 0 Å². The summed E-state index contributed by atoms with van der Waals surface area (Å²) in [5, 5.41) is 4.75. The maximum atomic E-state index is 5.77. The minimum Gasteiger partial charge on any atom is -0.399 e. The molecule has 1 heterocycles. The van der Waals surface area contributed by atoms with Crippen molar-refractivity contribution in [3.63, 3.8) is 0 Å². The van der Waals surface area contributed by atoms with Crippen molar-refractivity contribution in [2.75, 3.05) is 5.73 Å². The maximum Gasteiger partial charge on any atom is 0.0727 e. The smallest absolute Gasteiger partial charge is 0.0727 e. The molecule has 1 aromatic carbocycles. The number of aromatic nitrogens is 2. The van der Waals surface area contributed by atoms with Crippen molar-refractivity contribution in [2.45, 2.75) is 48.8 Å². The first-order valence-corrected chi connectivity index (χ1v) is 9.22. The maximum absolute atomic E-state index is 5.77. The van der Waals surface area contributed by atoms with E-state index in [1.54, 1.807) is 11.8 Å². The van der Waals surface area contributed by atoms with Gasteiger partial charge in [-0.1, -0.05) is 19.3 Å². The Kier molecular flexibility index (Phi) is 4.91. The second-order valence-electron chi connectivity index (χ2n) is 5.56. The first kappa shape index (κ1) is 15.0. The summed E-state index contributed by atoms with van der Waals surface area (Å²) in [6, 6.07) is 8.70. The number of thioether (sulfide) groups is 1. The average Bonchev–Trinajstić information content (AvgIpc) is 2.96. The summed E-state index contributed by atoms with van der Waals surface area (Å²) in [5.74, 6) is 0.891. The second kappa shape index (κ2) is 6.88. The van der Waals surface area contributed by atoms with Crippen LogP contribution in [0.4, 0.5) is 5.69 Å². The van der Waals surface area contributed by atoms with Crippen molar-refractivity contribution in [3.05, 3.63) is 40.6 Å². The van der Waals surface area contributed by atoms with E-state index in [1.165, 1.54) is 37.0 Å². The number of nitrogen functional groups attached to an aromatic ring is 1. The van der Waals surface area contributed by atoms with Crippen LogP contribution in [0.2, 0.25) is 0 Å². The van der Waals surface area contributed by atoms with Gasteiger partial charge in [0.1, 0.15) is 0 Å². The second-order valence-corrected chi connectivity index (χ2v) is 7.43. The highest BCUT2D eigenvalue weighted by molar-refractivity contribution is 9.10. The molecule has 112 valence electrons. The van der Waals surface area contributed by atoms with Crippen molar-refractivity contribution in [1.82, 2.24) is 9.78 Å². The molecule has 2 aromatic rings. The molecular weight excluding hydrogens is 346 g/mol. The van der Waals surface area contributed by atoms with Crippen LogP contribution in [0.15, 0.2) is 39.8 Å². The molecule has 3 rings (SSSR count). The third kappa shape index (κ3) is 3.83. The Morgan fingerprint density at radius 1 is 1.24 bits per heavy atom. The van der Waals surface area contributed by atoms with Gasteiger partial charge in [-0.05, 0) is 53.0 Å². The molecule has 1 aliphatic carbocycles. The lowest BCUT2D eigenvalue weighted by molar-refractivity contribution is 0.328. The molecule has 0 radical (unpaired) electrons. The van der Waals surface area contributed by atoms with Gasteiger partial charge < -0.3 is 5.73 Å². The van der Waals surface area contributed by atoms with Crippen LogP contribution in [0.25, 0.3) is 0 Å². The van der Waals surface area contributed by atoms with E-state index in [0.717, 1.165) is 21.6 Å². The molecule has 21 heavy (non-hydrogen) atoms. The summed E-state index contributed by atoms with van der Waals surface area (Å²) >= 11 is 5.35. The van der Waals surface area contributed by atoms with E-state index in [2.05, 4.69) is 38.9 Å². The summed E-state index contributed by atoms with van der Waals surface area (Å²) in [7, 11) is 0. The van der Waals surface area contributed by atoms with Crippen molar-refractivity contribution in [2.24, 2.45) is 0 Å².